The molecule has 2 atom stereocenters. The molecule has 0 radical (unpaired) electrons. The van der Waals surface area contributed by atoms with E-state index in [0.717, 1.165) is 37.8 Å². The second-order valence-electron chi connectivity index (χ2n) is 6.75. The average molecular weight is 351 g/mol. The van der Waals surface area contributed by atoms with E-state index in [1.165, 1.54) is 19.5 Å². The SMILES string of the molecule is CN=C(NCC1CCN(C)C1)NC1CCN(c2ncccc2Cl)C1. The predicted molar refractivity (Wildman–Crippen MR) is 100.0 cm³/mol. The number of aliphatic imine (C=N–C) groups is 1. The molecule has 7 heteroatoms. The molecule has 1 aromatic rings. The summed E-state index contributed by atoms with van der Waals surface area (Å²) >= 11 is 6.25. The number of nitrogens with zero attached hydrogens (tertiary/aromatic N) is 4. The van der Waals surface area contributed by atoms with Crippen LogP contribution in [0.4, 0.5) is 5.82 Å². The minimum absolute atomic E-state index is 0.362. The molecule has 132 valence electrons. The molecule has 0 aromatic carbocycles. The zero-order chi connectivity index (χ0) is 16.9. The van der Waals surface area contributed by atoms with Crippen molar-refractivity contribution in [2.24, 2.45) is 10.9 Å². The third kappa shape index (κ3) is 4.30. The number of anilines is 1. The second kappa shape index (κ2) is 8.03. The lowest BCUT2D eigenvalue weighted by Gasteiger charge is -2.21. The highest BCUT2D eigenvalue weighted by molar-refractivity contribution is 6.32. The van der Waals surface area contributed by atoms with Crippen molar-refractivity contribution in [3.05, 3.63) is 23.4 Å². The fourth-order valence-corrected chi connectivity index (χ4v) is 3.74. The van der Waals surface area contributed by atoms with Crippen LogP contribution in [0.5, 0.6) is 0 Å². The summed E-state index contributed by atoms with van der Waals surface area (Å²) in [5.74, 6) is 2.48. The summed E-state index contributed by atoms with van der Waals surface area (Å²) < 4.78 is 0. The first kappa shape index (κ1) is 17.3. The molecule has 2 fully saturated rings. The van der Waals surface area contributed by atoms with Crippen LogP contribution in [0.25, 0.3) is 0 Å². The normalized spacial score (nSPS) is 25.3. The van der Waals surface area contributed by atoms with Crippen LogP contribution in [0.3, 0.4) is 0 Å². The monoisotopic (exact) mass is 350 g/mol. The van der Waals surface area contributed by atoms with Crippen LogP contribution < -0.4 is 15.5 Å². The Kier molecular flexibility index (Phi) is 5.79. The number of rotatable bonds is 4. The van der Waals surface area contributed by atoms with Crippen molar-refractivity contribution in [2.75, 3.05) is 51.7 Å². The van der Waals surface area contributed by atoms with E-state index in [0.29, 0.717) is 17.0 Å². The summed E-state index contributed by atoms with van der Waals surface area (Å²) in [6.45, 7) is 5.19. The Morgan fingerprint density at radius 2 is 2.25 bits per heavy atom. The van der Waals surface area contributed by atoms with E-state index in [1.807, 2.05) is 19.2 Å². The highest BCUT2D eigenvalue weighted by Crippen LogP contribution is 2.25. The van der Waals surface area contributed by atoms with Crippen molar-refractivity contribution < 1.29 is 0 Å². The van der Waals surface area contributed by atoms with E-state index in [4.69, 9.17) is 11.6 Å². The fourth-order valence-electron chi connectivity index (χ4n) is 3.50. The van der Waals surface area contributed by atoms with Crippen LogP contribution in [0.15, 0.2) is 23.3 Å². The van der Waals surface area contributed by atoms with Crippen molar-refractivity contribution in [1.82, 2.24) is 20.5 Å². The van der Waals surface area contributed by atoms with E-state index >= 15 is 0 Å². The number of likely N-dealkylation sites (tertiary alicyclic amines) is 1. The lowest BCUT2D eigenvalue weighted by molar-refractivity contribution is 0.393. The third-order valence-electron chi connectivity index (χ3n) is 4.84. The first-order valence-corrected chi connectivity index (χ1v) is 9.04. The molecule has 0 aliphatic carbocycles. The van der Waals surface area contributed by atoms with Gasteiger partial charge in [0.2, 0.25) is 0 Å². The molecule has 2 unspecified atom stereocenters. The largest absolute Gasteiger partial charge is 0.356 e. The molecule has 2 N–H and O–H groups in total. The Bertz CT molecular complexity index is 578. The van der Waals surface area contributed by atoms with E-state index in [-0.39, 0.29) is 0 Å². The Hall–Kier alpha value is -1.53. The Balaban J connectivity index is 1.48. The number of halogens is 1. The first-order chi connectivity index (χ1) is 11.7. The molecular weight excluding hydrogens is 324 g/mol. The molecule has 0 amide bonds. The minimum Gasteiger partial charge on any atom is -0.356 e. The molecule has 24 heavy (non-hydrogen) atoms. The van der Waals surface area contributed by atoms with Crippen LogP contribution in [0.1, 0.15) is 12.8 Å². The summed E-state index contributed by atoms with van der Waals surface area (Å²) in [5, 5.41) is 7.72. The van der Waals surface area contributed by atoms with Crippen LogP contribution in [0.2, 0.25) is 5.02 Å². The van der Waals surface area contributed by atoms with Gasteiger partial charge in [0.25, 0.3) is 0 Å². The van der Waals surface area contributed by atoms with Gasteiger partial charge in [-0.1, -0.05) is 11.6 Å². The first-order valence-electron chi connectivity index (χ1n) is 8.67. The Labute approximate surface area is 149 Å². The second-order valence-corrected chi connectivity index (χ2v) is 7.16. The van der Waals surface area contributed by atoms with Gasteiger partial charge >= 0.3 is 0 Å². The molecule has 2 aliphatic heterocycles. The zero-order valence-corrected chi connectivity index (χ0v) is 15.3. The van der Waals surface area contributed by atoms with E-state index in [9.17, 15) is 0 Å². The molecule has 3 rings (SSSR count). The lowest BCUT2D eigenvalue weighted by atomic mass is 10.1. The Morgan fingerprint density at radius 1 is 1.38 bits per heavy atom. The quantitative estimate of drug-likeness (QED) is 0.635. The van der Waals surface area contributed by atoms with Crippen LogP contribution >= 0.6 is 11.6 Å². The molecule has 2 aliphatic rings. The number of pyridine rings is 1. The molecule has 2 saturated heterocycles. The third-order valence-corrected chi connectivity index (χ3v) is 5.13. The highest BCUT2D eigenvalue weighted by atomic mass is 35.5. The topological polar surface area (TPSA) is 55.8 Å². The lowest BCUT2D eigenvalue weighted by Crippen LogP contribution is -2.46. The van der Waals surface area contributed by atoms with Gasteiger partial charge in [-0.3, -0.25) is 4.99 Å². The van der Waals surface area contributed by atoms with Gasteiger partial charge in [-0.05, 0) is 44.5 Å². The van der Waals surface area contributed by atoms with Gasteiger partial charge in [0, 0.05) is 45.5 Å². The number of hydrogen-bond donors (Lipinski definition) is 2. The number of hydrogen-bond acceptors (Lipinski definition) is 4. The van der Waals surface area contributed by atoms with Crippen molar-refractivity contribution >= 4 is 23.4 Å². The van der Waals surface area contributed by atoms with Gasteiger partial charge in [-0.25, -0.2) is 4.98 Å². The van der Waals surface area contributed by atoms with Crippen LogP contribution in [0, 0.1) is 5.92 Å². The maximum absolute atomic E-state index is 6.25. The van der Waals surface area contributed by atoms with Gasteiger partial charge in [0.15, 0.2) is 5.96 Å². The van der Waals surface area contributed by atoms with Crippen molar-refractivity contribution in [1.29, 1.82) is 0 Å². The van der Waals surface area contributed by atoms with Crippen LogP contribution in [-0.4, -0.2) is 68.7 Å². The predicted octanol–water partition coefficient (Wildman–Crippen LogP) is 1.43. The number of nitrogens with one attached hydrogen (secondary N) is 2. The van der Waals surface area contributed by atoms with Gasteiger partial charge in [-0.2, -0.15) is 0 Å². The molecule has 0 bridgehead atoms. The Morgan fingerprint density at radius 3 is 2.96 bits per heavy atom. The molecule has 6 nitrogen and oxygen atoms in total. The minimum atomic E-state index is 0.362. The molecule has 0 spiro atoms. The van der Waals surface area contributed by atoms with Crippen LogP contribution in [-0.2, 0) is 0 Å². The highest BCUT2D eigenvalue weighted by Gasteiger charge is 2.26. The fraction of sp³-hybridized carbons (Fsp3) is 0.647. The zero-order valence-electron chi connectivity index (χ0n) is 14.5. The number of aromatic nitrogens is 1. The van der Waals surface area contributed by atoms with E-state index in [1.54, 1.807) is 6.20 Å². The van der Waals surface area contributed by atoms with Crippen molar-refractivity contribution in [2.45, 2.75) is 18.9 Å². The summed E-state index contributed by atoms with van der Waals surface area (Å²) in [6, 6.07) is 4.12. The summed E-state index contributed by atoms with van der Waals surface area (Å²) in [6.07, 6.45) is 4.11. The van der Waals surface area contributed by atoms with Crippen molar-refractivity contribution in [3.63, 3.8) is 0 Å². The maximum atomic E-state index is 6.25. The van der Waals surface area contributed by atoms with E-state index in [2.05, 4.69) is 37.5 Å². The standard InChI is InChI=1S/C17H27ClN6/c1-19-17(21-10-13-5-8-23(2)11-13)22-14-6-9-24(12-14)16-15(18)4-3-7-20-16/h3-4,7,13-14H,5-6,8-12H2,1-2H3,(H2,19,21,22). The molecule has 0 saturated carbocycles. The van der Waals surface area contributed by atoms with Gasteiger partial charge < -0.3 is 20.4 Å². The summed E-state index contributed by atoms with van der Waals surface area (Å²) in [7, 11) is 4.02. The van der Waals surface area contributed by atoms with Gasteiger partial charge in [-0.15, -0.1) is 0 Å². The molecule has 1 aromatic heterocycles. The summed E-state index contributed by atoms with van der Waals surface area (Å²) in [5.41, 5.74) is 0. The maximum Gasteiger partial charge on any atom is 0.191 e. The van der Waals surface area contributed by atoms with Crippen molar-refractivity contribution in [3.8, 4) is 0 Å². The smallest absolute Gasteiger partial charge is 0.191 e. The van der Waals surface area contributed by atoms with Gasteiger partial charge in [0.1, 0.15) is 5.82 Å². The molecular formula is C17H27ClN6. The number of guanidine groups is 1. The average Bonchev–Trinajstić information content (AvgIpc) is 3.21. The van der Waals surface area contributed by atoms with Gasteiger partial charge in [0.05, 0.1) is 5.02 Å². The van der Waals surface area contributed by atoms with E-state index < -0.39 is 0 Å². The molecule has 3 heterocycles. The summed E-state index contributed by atoms with van der Waals surface area (Å²) in [4.78, 5) is 13.4.